The van der Waals surface area contributed by atoms with Crippen LogP contribution in [0.25, 0.3) is 0 Å². The molecule has 0 saturated carbocycles. The highest BCUT2D eigenvalue weighted by molar-refractivity contribution is 9.10. The third-order valence-corrected chi connectivity index (χ3v) is 3.51. The summed E-state index contributed by atoms with van der Waals surface area (Å²) in [7, 11) is 0. The summed E-state index contributed by atoms with van der Waals surface area (Å²) in [4.78, 5) is 4.09. The van der Waals surface area contributed by atoms with Crippen LogP contribution < -0.4 is 0 Å². The van der Waals surface area contributed by atoms with Crippen LogP contribution in [-0.2, 0) is 6.54 Å². The van der Waals surface area contributed by atoms with Gasteiger partial charge in [0, 0.05) is 12.6 Å². The Kier molecular flexibility index (Phi) is 3.87. The monoisotopic (exact) mass is 312 g/mol. The topological polar surface area (TPSA) is 55.9 Å². The van der Waals surface area contributed by atoms with E-state index in [4.69, 9.17) is 0 Å². The molecule has 0 fully saturated rings. The van der Waals surface area contributed by atoms with Crippen LogP contribution in [0.2, 0.25) is 0 Å². The van der Waals surface area contributed by atoms with Crippen molar-refractivity contribution in [2.75, 3.05) is 0 Å². The van der Waals surface area contributed by atoms with Gasteiger partial charge in [0.25, 0.3) is 0 Å². The van der Waals surface area contributed by atoms with Crippen molar-refractivity contribution < 1.29 is 5.11 Å². The van der Waals surface area contributed by atoms with Crippen LogP contribution in [0.4, 0.5) is 0 Å². The number of aliphatic hydroxyl groups excluding tert-OH is 1. The van der Waals surface area contributed by atoms with E-state index >= 15 is 0 Å². The van der Waals surface area contributed by atoms with E-state index in [0.717, 1.165) is 22.4 Å². The number of hydrogen-bond acceptors (Lipinski definition) is 3. The molecule has 0 bridgehead atoms. The lowest BCUT2D eigenvalue weighted by Crippen LogP contribution is -2.15. The molecule has 1 unspecified atom stereocenters. The Hall–Kier alpha value is -1.14. The second kappa shape index (κ2) is 5.24. The summed E-state index contributed by atoms with van der Waals surface area (Å²) in [5.41, 5.74) is 1.54. The van der Waals surface area contributed by atoms with Crippen LogP contribution in [0.1, 0.15) is 44.3 Å². The van der Waals surface area contributed by atoms with Gasteiger partial charge in [-0.15, -0.1) is 0 Å². The van der Waals surface area contributed by atoms with Gasteiger partial charge >= 0.3 is 0 Å². The number of rotatable bonds is 4. The molecule has 0 radical (unpaired) electrons. The minimum absolute atomic E-state index is 0.193. The third kappa shape index (κ3) is 2.22. The van der Waals surface area contributed by atoms with Crippen LogP contribution in [-0.4, -0.2) is 24.4 Å². The average Bonchev–Trinajstić information content (AvgIpc) is 2.93. The Balaban J connectivity index is 2.45. The van der Waals surface area contributed by atoms with Gasteiger partial charge in [-0.05, 0) is 36.7 Å². The Labute approximate surface area is 115 Å². The number of aliphatic hydroxyl groups is 1. The number of aryl methyl sites for hydroxylation is 1. The highest BCUT2D eigenvalue weighted by atomic mass is 79.9. The maximum atomic E-state index is 10.5. The molecule has 2 heterocycles. The highest BCUT2D eigenvalue weighted by Crippen LogP contribution is 2.30. The molecule has 0 aliphatic rings. The van der Waals surface area contributed by atoms with Gasteiger partial charge in [-0.3, -0.25) is 4.68 Å². The van der Waals surface area contributed by atoms with Gasteiger partial charge in [-0.2, -0.15) is 5.10 Å². The quantitative estimate of drug-likeness (QED) is 0.943. The maximum absolute atomic E-state index is 10.5. The summed E-state index contributed by atoms with van der Waals surface area (Å²) < 4.78 is 4.56. The minimum atomic E-state index is -0.730. The molecule has 0 aliphatic carbocycles. The van der Waals surface area contributed by atoms with E-state index in [1.54, 1.807) is 18.7 Å². The van der Waals surface area contributed by atoms with Gasteiger partial charge in [0.1, 0.15) is 6.10 Å². The average molecular weight is 313 g/mol. The smallest absolute Gasteiger partial charge is 0.138 e. The van der Waals surface area contributed by atoms with Gasteiger partial charge in [0.05, 0.1) is 34.6 Å². The first-order chi connectivity index (χ1) is 8.56. The van der Waals surface area contributed by atoms with Crippen LogP contribution in [0.5, 0.6) is 0 Å². The van der Waals surface area contributed by atoms with Gasteiger partial charge in [0.2, 0.25) is 0 Å². The molecule has 2 aromatic rings. The Morgan fingerprint density at radius 2 is 2.11 bits per heavy atom. The maximum Gasteiger partial charge on any atom is 0.138 e. The van der Waals surface area contributed by atoms with E-state index in [-0.39, 0.29) is 6.04 Å². The first-order valence-corrected chi connectivity index (χ1v) is 6.76. The SMILES string of the molecule is CCn1cncc1C(O)c1c(Br)cnn1C(C)C. The summed E-state index contributed by atoms with van der Waals surface area (Å²) in [5.74, 6) is 0. The molecule has 6 heteroatoms. The van der Waals surface area contributed by atoms with Crippen molar-refractivity contribution in [2.45, 2.75) is 39.5 Å². The summed E-state index contributed by atoms with van der Waals surface area (Å²) in [6.07, 6.45) is 4.40. The number of nitrogens with zero attached hydrogens (tertiary/aromatic N) is 4. The normalized spacial score (nSPS) is 13.2. The second-order valence-electron chi connectivity index (χ2n) is 4.42. The first kappa shape index (κ1) is 13.3. The number of aromatic nitrogens is 4. The van der Waals surface area contributed by atoms with E-state index in [9.17, 15) is 5.11 Å². The van der Waals surface area contributed by atoms with Gasteiger partial charge in [-0.25, -0.2) is 4.98 Å². The third-order valence-electron chi connectivity index (χ3n) is 2.90. The standard InChI is InChI=1S/C12H17BrN4O/c1-4-16-7-14-6-10(16)12(18)11-9(13)5-15-17(11)8(2)3/h5-8,12,18H,4H2,1-3H3. The lowest BCUT2D eigenvalue weighted by molar-refractivity contribution is 0.194. The second-order valence-corrected chi connectivity index (χ2v) is 5.28. The van der Waals surface area contributed by atoms with Crippen molar-refractivity contribution in [3.63, 3.8) is 0 Å². The van der Waals surface area contributed by atoms with Gasteiger partial charge in [0.15, 0.2) is 0 Å². The molecule has 0 saturated heterocycles. The van der Waals surface area contributed by atoms with E-state index < -0.39 is 6.10 Å². The first-order valence-electron chi connectivity index (χ1n) is 5.97. The van der Waals surface area contributed by atoms with E-state index in [1.165, 1.54) is 0 Å². The summed E-state index contributed by atoms with van der Waals surface area (Å²) in [5, 5.41) is 14.8. The van der Waals surface area contributed by atoms with Crippen LogP contribution in [0.15, 0.2) is 23.2 Å². The van der Waals surface area contributed by atoms with Gasteiger partial charge in [-0.1, -0.05) is 0 Å². The number of halogens is 1. The van der Waals surface area contributed by atoms with E-state index in [0.29, 0.717) is 0 Å². The van der Waals surface area contributed by atoms with Crippen LogP contribution in [0, 0.1) is 0 Å². The van der Waals surface area contributed by atoms with E-state index in [1.807, 2.05) is 30.0 Å². The Bertz CT molecular complexity index is 532. The molecule has 0 aliphatic heterocycles. The van der Waals surface area contributed by atoms with Crippen molar-refractivity contribution in [3.8, 4) is 0 Å². The zero-order valence-corrected chi connectivity index (χ0v) is 12.3. The molecule has 0 aromatic carbocycles. The van der Waals surface area contributed by atoms with Crippen molar-refractivity contribution in [3.05, 3.63) is 34.6 Å². The minimum Gasteiger partial charge on any atom is -0.380 e. The lowest BCUT2D eigenvalue weighted by Gasteiger charge is -2.17. The van der Waals surface area contributed by atoms with Crippen molar-refractivity contribution in [2.24, 2.45) is 0 Å². The molecule has 0 spiro atoms. The molecule has 2 aromatic heterocycles. The molecule has 18 heavy (non-hydrogen) atoms. The molecular formula is C12H17BrN4O. The Morgan fingerprint density at radius 1 is 1.39 bits per heavy atom. The zero-order valence-electron chi connectivity index (χ0n) is 10.7. The van der Waals surface area contributed by atoms with Crippen LogP contribution >= 0.6 is 15.9 Å². The fourth-order valence-electron chi connectivity index (χ4n) is 1.98. The summed E-state index contributed by atoms with van der Waals surface area (Å²) in [6.45, 7) is 6.87. The van der Waals surface area contributed by atoms with Crippen molar-refractivity contribution in [1.82, 2.24) is 19.3 Å². The molecule has 5 nitrogen and oxygen atoms in total. The molecule has 2 rings (SSSR count). The zero-order chi connectivity index (χ0) is 13.3. The van der Waals surface area contributed by atoms with Crippen molar-refractivity contribution in [1.29, 1.82) is 0 Å². The summed E-state index contributed by atoms with van der Waals surface area (Å²) >= 11 is 3.45. The highest BCUT2D eigenvalue weighted by Gasteiger charge is 2.23. The molecule has 98 valence electrons. The number of hydrogen-bond donors (Lipinski definition) is 1. The molecule has 1 atom stereocenters. The predicted molar refractivity (Wildman–Crippen MR) is 72.3 cm³/mol. The van der Waals surface area contributed by atoms with Gasteiger partial charge < -0.3 is 9.67 Å². The summed E-state index contributed by atoms with van der Waals surface area (Å²) in [6, 6.07) is 0.193. The fourth-order valence-corrected chi connectivity index (χ4v) is 2.47. The fraction of sp³-hybridized carbons (Fsp3) is 0.500. The van der Waals surface area contributed by atoms with E-state index in [2.05, 4.69) is 26.0 Å². The predicted octanol–water partition coefficient (Wildman–Crippen LogP) is 2.52. The van der Waals surface area contributed by atoms with Crippen molar-refractivity contribution >= 4 is 15.9 Å². The number of imidazole rings is 1. The lowest BCUT2D eigenvalue weighted by atomic mass is 10.2. The largest absolute Gasteiger partial charge is 0.380 e. The Morgan fingerprint density at radius 3 is 2.72 bits per heavy atom. The molecule has 0 amide bonds. The molecular weight excluding hydrogens is 296 g/mol. The molecule has 1 N–H and O–H groups in total. The van der Waals surface area contributed by atoms with Crippen LogP contribution in [0.3, 0.4) is 0 Å².